The molecule has 2 unspecified atom stereocenters. The number of rotatable bonds is 8. The van der Waals surface area contributed by atoms with Crippen molar-refractivity contribution in [3.05, 3.63) is 82.2 Å². The van der Waals surface area contributed by atoms with E-state index >= 15 is 0 Å². The Bertz CT molecular complexity index is 1280. The van der Waals surface area contributed by atoms with Gasteiger partial charge in [0, 0.05) is 37.8 Å². The molecule has 0 spiro atoms. The van der Waals surface area contributed by atoms with E-state index in [-0.39, 0.29) is 42.7 Å². The number of H-pyrrole nitrogens is 1. The summed E-state index contributed by atoms with van der Waals surface area (Å²) < 4.78 is 48.4. The van der Waals surface area contributed by atoms with Crippen LogP contribution in [-0.2, 0) is 11.3 Å². The molecule has 1 saturated heterocycles. The smallest absolute Gasteiger partial charge is 0.257 e. The lowest BCUT2D eigenvalue weighted by atomic mass is 9.86. The van der Waals surface area contributed by atoms with E-state index in [1.54, 1.807) is 31.0 Å². The molecule has 1 aromatic carbocycles. The maximum atomic E-state index is 14.9. The van der Waals surface area contributed by atoms with E-state index in [1.807, 2.05) is 0 Å². The number of carbonyl (C=O) groups excluding carboxylic acids is 1. The topological polar surface area (TPSA) is 99.3 Å². The lowest BCUT2D eigenvalue weighted by Crippen LogP contribution is -2.52. The molecule has 3 heterocycles. The predicted octanol–water partition coefficient (Wildman–Crippen LogP) is 3.87. The van der Waals surface area contributed by atoms with Gasteiger partial charge < -0.3 is 20.4 Å². The highest BCUT2D eigenvalue weighted by atomic mass is 19.3. The number of pyridine rings is 2. The quantitative estimate of drug-likeness (QED) is 0.421. The van der Waals surface area contributed by atoms with Crippen LogP contribution in [0.5, 0.6) is 11.5 Å². The number of amides is 1. The summed E-state index contributed by atoms with van der Waals surface area (Å²) in [6.45, 7) is 1.90. The second kappa shape index (κ2) is 11.1. The van der Waals surface area contributed by atoms with Gasteiger partial charge in [0.15, 0.2) is 0 Å². The molecule has 37 heavy (non-hydrogen) atoms. The molecule has 2 atom stereocenters. The van der Waals surface area contributed by atoms with Crippen LogP contribution in [0.4, 0.5) is 19.0 Å². The van der Waals surface area contributed by atoms with Gasteiger partial charge >= 0.3 is 0 Å². The molecule has 1 amide bonds. The summed E-state index contributed by atoms with van der Waals surface area (Å²) in [6.07, 6.45) is 2.33. The highest BCUT2D eigenvalue weighted by Gasteiger charge is 2.46. The van der Waals surface area contributed by atoms with Crippen molar-refractivity contribution >= 4 is 11.7 Å². The Balaban J connectivity index is 1.41. The van der Waals surface area contributed by atoms with Crippen molar-refractivity contribution in [3.63, 3.8) is 0 Å². The van der Waals surface area contributed by atoms with Crippen LogP contribution in [0.2, 0.25) is 0 Å². The monoisotopic (exact) mass is 515 g/mol. The lowest BCUT2D eigenvalue weighted by molar-refractivity contribution is -0.125. The predicted molar refractivity (Wildman–Crippen MR) is 133 cm³/mol. The van der Waals surface area contributed by atoms with Gasteiger partial charge in [-0.15, -0.1) is 0 Å². The number of nitrogens with zero attached hydrogens (tertiary/aromatic N) is 2. The number of hydrogen-bond acceptors (Lipinski definition) is 6. The van der Waals surface area contributed by atoms with E-state index in [0.29, 0.717) is 22.6 Å². The Morgan fingerprint density at radius 3 is 2.65 bits per heavy atom. The molecule has 2 aromatic heterocycles. The zero-order valence-electron chi connectivity index (χ0n) is 20.4. The fraction of sp³-hybridized carbons (Fsp3) is 0.346. The molecule has 1 fully saturated rings. The molecule has 0 radical (unpaired) electrons. The molecule has 0 saturated carbocycles. The summed E-state index contributed by atoms with van der Waals surface area (Å²) >= 11 is 0. The molecule has 1 aliphatic rings. The molecule has 11 heteroatoms. The third-order valence-electron chi connectivity index (χ3n) is 6.40. The summed E-state index contributed by atoms with van der Waals surface area (Å²) in [5, 5.41) is 5.57. The maximum absolute atomic E-state index is 14.9. The van der Waals surface area contributed by atoms with E-state index in [9.17, 15) is 22.8 Å². The highest BCUT2D eigenvalue weighted by molar-refractivity contribution is 5.93. The van der Waals surface area contributed by atoms with Crippen LogP contribution >= 0.6 is 0 Å². The molecule has 0 bridgehead atoms. The van der Waals surface area contributed by atoms with Crippen molar-refractivity contribution in [1.82, 2.24) is 20.2 Å². The molecule has 0 aliphatic carbocycles. The van der Waals surface area contributed by atoms with Gasteiger partial charge in [-0.2, -0.15) is 0 Å². The van der Waals surface area contributed by atoms with Crippen molar-refractivity contribution in [2.45, 2.75) is 37.8 Å². The third-order valence-corrected chi connectivity index (χ3v) is 6.40. The number of hydrogen-bond donors (Lipinski definition) is 3. The van der Waals surface area contributed by atoms with Crippen LogP contribution in [0.25, 0.3) is 0 Å². The van der Waals surface area contributed by atoms with Gasteiger partial charge in [0.05, 0.1) is 18.2 Å². The Kier molecular flexibility index (Phi) is 7.94. The second-order valence-electron chi connectivity index (χ2n) is 8.98. The van der Waals surface area contributed by atoms with Crippen LogP contribution in [0.15, 0.2) is 59.7 Å². The summed E-state index contributed by atoms with van der Waals surface area (Å²) in [5.41, 5.74) is 0.366. The Hall–Kier alpha value is -3.70. The molecule has 4 rings (SSSR count). The largest absolute Gasteiger partial charge is 0.456 e. The second-order valence-corrected chi connectivity index (χ2v) is 8.98. The number of likely N-dealkylation sites (tertiary alicyclic amines) is 1. The minimum absolute atomic E-state index is 0.0443. The molecule has 3 N–H and O–H groups in total. The highest BCUT2D eigenvalue weighted by Crippen LogP contribution is 2.40. The van der Waals surface area contributed by atoms with Gasteiger partial charge in [0.25, 0.3) is 11.5 Å². The Morgan fingerprint density at radius 2 is 1.97 bits per heavy atom. The van der Waals surface area contributed by atoms with Crippen molar-refractivity contribution in [1.29, 1.82) is 0 Å². The lowest BCUT2D eigenvalue weighted by Gasteiger charge is -2.40. The first kappa shape index (κ1) is 26.4. The van der Waals surface area contributed by atoms with Crippen molar-refractivity contribution in [2.75, 3.05) is 25.5 Å². The fourth-order valence-corrected chi connectivity index (χ4v) is 4.25. The summed E-state index contributed by atoms with van der Waals surface area (Å²) in [6, 6.07) is 9.48. The number of benzene rings is 1. The normalized spacial score (nSPS) is 18.2. The SMILES string of the molecule is CNCc1cc(C2CN(C(C)C(=O)Nc3ccc(Oc4ccc(F)cc4)cn3)CCC2(F)F)c[nH]c1=O. The van der Waals surface area contributed by atoms with E-state index in [1.165, 1.54) is 42.7 Å². The fourth-order valence-electron chi connectivity index (χ4n) is 4.25. The molecular formula is C26H28F3N5O3. The Labute approximate surface area is 211 Å². The van der Waals surface area contributed by atoms with E-state index in [0.717, 1.165) is 0 Å². The zero-order valence-corrected chi connectivity index (χ0v) is 20.4. The summed E-state index contributed by atoms with van der Waals surface area (Å²) in [4.78, 5) is 33.3. The first-order valence-corrected chi connectivity index (χ1v) is 11.8. The average Bonchev–Trinajstić information content (AvgIpc) is 2.87. The van der Waals surface area contributed by atoms with Gasteiger partial charge in [-0.3, -0.25) is 14.5 Å². The number of piperidine rings is 1. The van der Waals surface area contributed by atoms with E-state index in [2.05, 4.69) is 20.6 Å². The van der Waals surface area contributed by atoms with Gasteiger partial charge in [0.2, 0.25) is 5.91 Å². The average molecular weight is 516 g/mol. The number of anilines is 1. The molecule has 3 aromatic rings. The number of alkyl halides is 2. The summed E-state index contributed by atoms with van der Waals surface area (Å²) in [7, 11) is 1.67. The third kappa shape index (κ3) is 6.36. The van der Waals surface area contributed by atoms with Crippen LogP contribution < -0.4 is 20.9 Å². The first-order chi connectivity index (χ1) is 17.7. The van der Waals surface area contributed by atoms with Crippen molar-refractivity contribution < 1.29 is 22.7 Å². The van der Waals surface area contributed by atoms with Gasteiger partial charge in [0.1, 0.15) is 23.1 Å². The zero-order chi connectivity index (χ0) is 26.6. The number of aromatic nitrogens is 2. The van der Waals surface area contributed by atoms with E-state index in [4.69, 9.17) is 4.74 Å². The van der Waals surface area contributed by atoms with Crippen LogP contribution in [0.3, 0.4) is 0 Å². The molecule has 8 nitrogen and oxygen atoms in total. The standard InChI is InChI=1S/C26H28F3N5O3/c1-16(24(35)33-23-8-7-21(14-31-23)37-20-5-3-19(27)4-6-20)34-10-9-26(28,29)22(15-34)17-11-18(12-30-2)25(36)32-13-17/h3-8,11,13-14,16,22,30H,9-10,12,15H2,1-2H3,(H,32,36)(H,31,33,35). The molecule has 196 valence electrons. The number of nitrogens with one attached hydrogen (secondary N) is 3. The number of halogens is 3. The maximum Gasteiger partial charge on any atom is 0.257 e. The molecule has 1 aliphatic heterocycles. The number of ether oxygens (including phenoxy) is 1. The van der Waals surface area contributed by atoms with Crippen molar-refractivity contribution in [2.24, 2.45) is 0 Å². The number of carbonyl (C=O) groups is 1. The summed E-state index contributed by atoms with van der Waals surface area (Å²) in [5.74, 6) is -3.81. The van der Waals surface area contributed by atoms with Crippen molar-refractivity contribution in [3.8, 4) is 11.5 Å². The van der Waals surface area contributed by atoms with E-state index < -0.39 is 24.3 Å². The minimum atomic E-state index is -2.98. The van der Waals surface area contributed by atoms with Gasteiger partial charge in [-0.25, -0.2) is 18.2 Å². The van der Waals surface area contributed by atoms with Gasteiger partial charge in [-0.05, 0) is 62.0 Å². The van der Waals surface area contributed by atoms with Crippen LogP contribution in [-0.4, -0.2) is 52.9 Å². The minimum Gasteiger partial charge on any atom is -0.456 e. The Morgan fingerprint density at radius 1 is 1.24 bits per heavy atom. The van der Waals surface area contributed by atoms with Crippen LogP contribution in [0.1, 0.15) is 30.4 Å². The number of aromatic amines is 1. The van der Waals surface area contributed by atoms with Crippen LogP contribution in [0, 0.1) is 5.82 Å². The molecular weight excluding hydrogens is 487 g/mol. The first-order valence-electron chi connectivity index (χ1n) is 11.8. The van der Waals surface area contributed by atoms with Gasteiger partial charge in [-0.1, -0.05) is 0 Å².